The molecule has 0 fully saturated rings. The molecule has 0 spiro atoms. The topological polar surface area (TPSA) is 68.0 Å². The maximum atomic E-state index is 11.9. The van der Waals surface area contributed by atoms with Crippen LogP contribution >= 0.6 is 0 Å². The number of benzene rings is 1. The number of nitrogens with two attached hydrogens (primary N) is 1. The van der Waals surface area contributed by atoms with Crippen molar-refractivity contribution in [2.45, 2.75) is 13.1 Å². The second-order valence-electron chi connectivity index (χ2n) is 3.94. The molecule has 18 heavy (non-hydrogen) atoms. The minimum absolute atomic E-state index is 0.0953. The summed E-state index contributed by atoms with van der Waals surface area (Å²) in [7, 11) is 0. The summed E-state index contributed by atoms with van der Waals surface area (Å²) in [4.78, 5) is 15.8. The van der Waals surface area contributed by atoms with E-state index in [9.17, 15) is 4.79 Å². The van der Waals surface area contributed by atoms with E-state index in [0.717, 1.165) is 11.1 Å². The first-order valence-corrected chi connectivity index (χ1v) is 5.75. The van der Waals surface area contributed by atoms with Crippen molar-refractivity contribution in [1.82, 2.24) is 10.3 Å². The largest absolute Gasteiger partial charge is 0.348 e. The van der Waals surface area contributed by atoms with E-state index in [-0.39, 0.29) is 5.91 Å². The van der Waals surface area contributed by atoms with Gasteiger partial charge in [-0.3, -0.25) is 9.78 Å². The minimum atomic E-state index is -0.0953. The van der Waals surface area contributed by atoms with E-state index in [4.69, 9.17) is 5.73 Å². The molecule has 0 atom stereocenters. The molecule has 3 N–H and O–H groups in total. The van der Waals surface area contributed by atoms with Gasteiger partial charge >= 0.3 is 0 Å². The highest BCUT2D eigenvalue weighted by Crippen LogP contribution is 2.05. The lowest BCUT2D eigenvalue weighted by molar-refractivity contribution is 0.0951. The third-order valence-electron chi connectivity index (χ3n) is 2.63. The molecule has 1 heterocycles. The fraction of sp³-hybridized carbons (Fsp3) is 0.143. The monoisotopic (exact) mass is 241 g/mol. The molecule has 0 aliphatic heterocycles. The number of carbonyl (C=O) groups is 1. The van der Waals surface area contributed by atoms with E-state index in [1.165, 1.54) is 0 Å². The number of hydrogen-bond donors (Lipinski definition) is 2. The van der Waals surface area contributed by atoms with Crippen molar-refractivity contribution in [3.8, 4) is 0 Å². The molecule has 4 heteroatoms. The second-order valence-corrected chi connectivity index (χ2v) is 3.94. The van der Waals surface area contributed by atoms with Gasteiger partial charge in [0.05, 0.1) is 0 Å². The maximum absolute atomic E-state index is 11.9. The van der Waals surface area contributed by atoms with Crippen LogP contribution in [0.3, 0.4) is 0 Å². The van der Waals surface area contributed by atoms with Crippen LogP contribution in [0.2, 0.25) is 0 Å². The molecule has 0 bridgehead atoms. The van der Waals surface area contributed by atoms with Crippen LogP contribution in [-0.4, -0.2) is 10.9 Å². The number of hydrogen-bond acceptors (Lipinski definition) is 3. The van der Waals surface area contributed by atoms with Crippen LogP contribution in [-0.2, 0) is 13.1 Å². The van der Waals surface area contributed by atoms with E-state index < -0.39 is 0 Å². The zero-order valence-corrected chi connectivity index (χ0v) is 9.97. The number of nitrogens with zero attached hydrogens (tertiary/aromatic N) is 1. The summed E-state index contributed by atoms with van der Waals surface area (Å²) in [6, 6.07) is 11.1. The van der Waals surface area contributed by atoms with Gasteiger partial charge in [0.25, 0.3) is 5.91 Å². The molecule has 0 aliphatic rings. The minimum Gasteiger partial charge on any atom is -0.348 e. The van der Waals surface area contributed by atoms with Gasteiger partial charge in [-0.05, 0) is 35.4 Å². The van der Waals surface area contributed by atoms with Gasteiger partial charge in [-0.15, -0.1) is 0 Å². The normalized spacial score (nSPS) is 10.1. The predicted octanol–water partition coefficient (Wildman–Crippen LogP) is 1.47. The van der Waals surface area contributed by atoms with E-state index in [1.807, 2.05) is 30.3 Å². The molecule has 1 aromatic heterocycles. The molecule has 4 nitrogen and oxygen atoms in total. The van der Waals surface area contributed by atoms with Crippen molar-refractivity contribution in [3.63, 3.8) is 0 Å². The van der Waals surface area contributed by atoms with Gasteiger partial charge < -0.3 is 11.1 Å². The van der Waals surface area contributed by atoms with Crippen molar-refractivity contribution < 1.29 is 4.79 Å². The molecule has 0 saturated carbocycles. The fourth-order valence-corrected chi connectivity index (χ4v) is 1.62. The summed E-state index contributed by atoms with van der Waals surface area (Å²) in [5.41, 5.74) is 8.15. The van der Waals surface area contributed by atoms with Gasteiger partial charge in [-0.2, -0.15) is 0 Å². The Morgan fingerprint density at radius 1 is 1.17 bits per heavy atom. The number of nitrogens with one attached hydrogen (secondary N) is 1. The zero-order chi connectivity index (χ0) is 12.8. The lowest BCUT2D eigenvalue weighted by Gasteiger charge is -2.06. The Hall–Kier alpha value is -2.20. The zero-order valence-electron chi connectivity index (χ0n) is 9.97. The average Bonchev–Trinajstić information content (AvgIpc) is 2.46. The quantitative estimate of drug-likeness (QED) is 0.851. The molecule has 1 aromatic carbocycles. The number of pyridine rings is 1. The van der Waals surface area contributed by atoms with Crippen molar-refractivity contribution in [2.75, 3.05) is 0 Å². The van der Waals surface area contributed by atoms with E-state index >= 15 is 0 Å². The summed E-state index contributed by atoms with van der Waals surface area (Å²) >= 11 is 0. The lowest BCUT2D eigenvalue weighted by atomic mass is 10.1. The Morgan fingerprint density at radius 2 is 1.94 bits per heavy atom. The van der Waals surface area contributed by atoms with Crippen LogP contribution in [0.1, 0.15) is 21.5 Å². The molecular weight excluding hydrogens is 226 g/mol. The summed E-state index contributed by atoms with van der Waals surface area (Å²) in [6.07, 6.45) is 3.41. The highest BCUT2D eigenvalue weighted by molar-refractivity contribution is 5.94. The number of carbonyl (C=O) groups excluding carboxylic acids is 1. The summed E-state index contributed by atoms with van der Waals surface area (Å²) in [5, 5.41) is 2.86. The van der Waals surface area contributed by atoms with Crippen molar-refractivity contribution >= 4 is 5.91 Å². The Morgan fingerprint density at radius 3 is 2.67 bits per heavy atom. The van der Waals surface area contributed by atoms with Crippen LogP contribution < -0.4 is 11.1 Å². The smallest absolute Gasteiger partial charge is 0.251 e. The Kier molecular flexibility index (Phi) is 4.04. The van der Waals surface area contributed by atoms with Crippen LogP contribution in [0.5, 0.6) is 0 Å². The van der Waals surface area contributed by atoms with Crippen LogP contribution in [0.4, 0.5) is 0 Å². The molecule has 92 valence electrons. The van der Waals surface area contributed by atoms with Gasteiger partial charge in [0.2, 0.25) is 0 Å². The Labute approximate surface area is 106 Å². The first kappa shape index (κ1) is 12.3. The standard InChI is InChI=1S/C14H15N3O/c15-9-12-2-1-3-13(8-12)14(18)17-10-11-4-6-16-7-5-11/h1-8H,9-10,15H2,(H,17,18). The van der Waals surface area contributed by atoms with E-state index in [2.05, 4.69) is 10.3 Å². The van der Waals surface area contributed by atoms with E-state index in [1.54, 1.807) is 18.5 Å². The highest BCUT2D eigenvalue weighted by atomic mass is 16.1. The van der Waals surface area contributed by atoms with Gasteiger partial charge in [0, 0.05) is 31.0 Å². The highest BCUT2D eigenvalue weighted by Gasteiger charge is 2.05. The first-order chi connectivity index (χ1) is 8.79. The lowest BCUT2D eigenvalue weighted by Crippen LogP contribution is -2.22. The van der Waals surface area contributed by atoms with Gasteiger partial charge in [-0.1, -0.05) is 12.1 Å². The maximum Gasteiger partial charge on any atom is 0.251 e. The Balaban J connectivity index is 1.99. The molecule has 0 radical (unpaired) electrons. The average molecular weight is 241 g/mol. The predicted molar refractivity (Wildman–Crippen MR) is 69.7 cm³/mol. The molecule has 2 rings (SSSR count). The van der Waals surface area contributed by atoms with Crippen molar-refractivity contribution in [2.24, 2.45) is 5.73 Å². The van der Waals surface area contributed by atoms with Gasteiger partial charge in [0.15, 0.2) is 0 Å². The first-order valence-electron chi connectivity index (χ1n) is 5.75. The third kappa shape index (κ3) is 3.15. The molecule has 2 aromatic rings. The van der Waals surface area contributed by atoms with Crippen LogP contribution in [0.15, 0.2) is 48.8 Å². The summed E-state index contributed by atoms with van der Waals surface area (Å²) < 4.78 is 0. The molecule has 1 amide bonds. The fourth-order valence-electron chi connectivity index (χ4n) is 1.62. The van der Waals surface area contributed by atoms with Crippen molar-refractivity contribution in [3.05, 3.63) is 65.5 Å². The second kappa shape index (κ2) is 5.93. The van der Waals surface area contributed by atoms with Crippen molar-refractivity contribution in [1.29, 1.82) is 0 Å². The number of aromatic nitrogens is 1. The Bertz CT molecular complexity index is 526. The molecule has 0 saturated heterocycles. The number of amides is 1. The van der Waals surface area contributed by atoms with Gasteiger partial charge in [-0.25, -0.2) is 0 Å². The summed E-state index contributed by atoms with van der Waals surface area (Å²) in [6.45, 7) is 0.930. The molecule has 0 aliphatic carbocycles. The summed E-state index contributed by atoms with van der Waals surface area (Å²) in [5.74, 6) is -0.0953. The third-order valence-corrected chi connectivity index (χ3v) is 2.63. The molecule has 0 unspecified atom stereocenters. The van der Waals surface area contributed by atoms with Crippen LogP contribution in [0, 0.1) is 0 Å². The van der Waals surface area contributed by atoms with Crippen LogP contribution in [0.25, 0.3) is 0 Å². The number of rotatable bonds is 4. The van der Waals surface area contributed by atoms with Gasteiger partial charge in [0.1, 0.15) is 0 Å². The molecular formula is C14H15N3O. The SMILES string of the molecule is NCc1cccc(C(=O)NCc2ccncc2)c1. The van der Waals surface area contributed by atoms with E-state index in [0.29, 0.717) is 18.7 Å².